The van der Waals surface area contributed by atoms with Gasteiger partial charge in [-0.2, -0.15) is 0 Å². The molecule has 0 spiro atoms. The van der Waals surface area contributed by atoms with Crippen molar-refractivity contribution in [1.82, 2.24) is 15.0 Å². The fourth-order valence-corrected chi connectivity index (χ4v) is 3.91. The Morgan fingerprint density at radius 1 is 1.14 bits per heavy atom. The monoisotopic (exact) mass is 533 g/mol. The van der Waals surface area contributed by atoms with Gasteiger partial charge in [0.1, 0.15) is 11.5 Å². The summed E-state index contributed by atoms with van der Waals surface area (Å²) in [5.41, 5.74) is 0.515. The van der Waals surface area contributed by atoms with E-state index in [9.17, 15) is 22.4 Å². The maximum absolute atomic E-state index is 14.6. The van der Waals surface area contributed by atoms with Gasteiger partial charge in [-0.3, -0.25) is 9.52 Å². The summed E-state index contributed by atoms with van der Waals surface area (Å²) >= 11 is 0. The first-order chi connectivity index (χ1) is 17.2. The van der Waals surface area contributed by atoms with Crippen molar-refractivity contribution in [3.63, 3.8) is 0 Å². The van der Waals surface area contributed by atoms with Gasteiger partial charge in [-0.05, 0) is 48.2 Å². The van der Waals surface area contributed by atoms with Crippen LogP contribution in [-0.4, -0.2) is 55.3 Å². The first-order valence-corrected chi connectivity index (χ1v) is 13.0. The topological polar surface area (TPSA) is 142 Å². The predicted molar refractivity (Wildman–Crippen MR) is 135 cm³/mol. The number of aromatic nitrogens is 3. The summed E-state index contributed by atoms with van der Waals surface area (Å²) in [5, 5.41) is 10.2. The number of sulfonamides is 1. The smallest absolute Gasteiger partial charge is 0.360 e. The lowest BCUT2D eigenvalue weighted by atomic mass is 9.86. The van der Waals surface area contributed by atoms with Crippen LogP contribution in [0, 0.1) is 5.82 Å². The maximum Gasteiger partial charge on any atom is 0.360 e. The van der Waals surface area contributed by atoms with Crippen molar-refractivity contribution < 1.29 is 31.9 Å². The lowest BCUT2D eigenvalue weighted by Crippen LogP contribution is -2.18. The minimum absolute atomic E-state index is 0.0606. The van der Waals surface area contributed by atoms with Gasteiger partial charge in [-0.15, -0.1) is 5.10 Å². The molecule has 0 saturated heterocycles. The highest BCUT2D eigenvalue weighted by atomic mass is 32.2. The average molecular weight is 534 g/mol. The van der Waals surface area contributed by atoms with Gasteiger partial charge in [0, 0.05) is 5.56 Å². The number of rotatable bonds is 8. The minimum atomic E-state index is -3.65. The normalized spacial score (nSPS) is 11.6. The molecule has 1 aromatic heterocycles. The number of hydrogen-bond donors (Lipinski definition) is 2. The third-order valence-electron chi connectivity index (χ3n) is 5.14. The number of nitrogens with one attached hydrogen (secondary N) is 2. The molecule has 198 valence electrons. The number of nitrogens with zero attached hydrogens (tertiary/aromatic N) is 3. The Bertz CT molecular complexity index is 1450. The van der Waals surface area contributed by atoms with E-state index in [4.69, 9.17) is 9.47 Å². The maximum atomic E-state index is 14.6. The van der Waals surface area contributed by atoms with Gasteiger partial charge in [0.2, 0.25) is 10.0 Å². The zero-order chi connectivity index (χ0) is 27.5. The van der Waals surface area contributed by atoms with Crippen LogP contribution in [0.25, 0.3) is 5.69 Å². The van der Waals surface area contributed by atoms with E-state index in [1.54, 1.807) is 19.1 Å². The van der Waals surface area contributed by atoms with E-state index in [0.717, 1.165) is 22.6 Å². The van der Waals surface area contributed by atoms with Crippen LogP contribution in [-0.2, 0) is 20.2 Å². The van der Waals surface area contributed by atoms with E-state index in [0.29, 0.717) is 0 Å². The summed E-state index contributed by atoms with van der Waals surface area (Å²) in [4.78, 5) is 25.1. The minimum Gasteiger partial charge on any atom is -0.492 e. The number of ether oxygens (including phenoxy) is 2. The Kier molecular flexibility index (Phi) is 7.86. The average Bonchev–Trinajstić information content (AvgIpc) is 3.28. The molecule has 2 aromatic carbocycles. The highest BCUT2D eigenvalue weighted by Gasteiger charge is 2.23. The SMILES string of the molecule is CCOC(=O)c1cn(-c2cc(C(=O)Nc3cc(C(C)(C)C)cc(NS(C)(=O)=O)c3OC)ccc2F)nn1. The van der Waals surface area contributed by atoms with Crippen LogP contribution in [0.2, 0.25) is 0 Å². The number of carbonyl (C=O) groups excluding carboxylic acids is 2. The van der Waals surface area contributed by atoms with Crippen LogP contribution in [0.15, 0.2) is 36.5 Å². The van der Waals surface area contributed by atoms with Crippen molar-refractivity contribution in [1.29, 1.82) is 0 Å². The molecule has 2 N–H and O–H groups in total. The van der Waals surface area contributed by atoms with Crippen LogP contribution < -0.4 is 14.8 Å². The molecule has 3 rings (SSSR count). The highest BCUT2D eigenvalue weighted by molar-refractivity contribution is 7.92. The zero-order valence-corrected chi connectivity index (χ0v) is 22.1. The molecule has 1 heterocycles. The third-order valence-corrected chi connectivity index (χ3v) is 5.73. The van der Waals surface area contributed by atoms with Gasteiger partial charge in [0.15, 0.2) is 11.4 Å². The number of halogens is 1. The lowest BCUT2D eigenvalue weighted by molar-refractivity contribution is 0.0519. The Balaban J connectivity index is 2.01. The lowest BCUT2D eigenvalue weighted by Gasteiger charge is -2.24. The van der Waals surface area contributed by atoms with Gasteiger partial charge in [-0.1, -0.05) is 26.0 Å². The molecule has 0 fully saturated rings. The molecule has 0 aliphatic rings. The molecule has 1 amide bonds. The Labute approximate surface area is 214 Å². The van der Waals surface area contributed by atoms with Gasteiger partial charge in [0.05, 0.1) is 37.5 Å². The van der Waals surface area contributed by atoms with E-state index < -0.39 is 33.1 Å². The molecule has 0 atom stereocenters. The molecular formula is C24H28FN5O6S. The first kappa shape index (κ1) is 27.6. The number of anilines is 2. The number of hydrogen-bond acceptors (Lipinski definition) is 8. The fraction of sp³-hybridized carbons (Fsp3) is 0.333. The molecule has 0 aliphatic heterocycles. The molecule has 0 saturated carbocycles. The number of benzene rings is 2. The summed E-state index contributed by atoms with van der Waals surface area (Å²) in [6.07, 6.45) is 2.20. The molecule has 37 heavy (non-hydrogen) atoms. The van der Waals surface area contributed by atoms with Gasteiger partial charge in [-0.25, -0.2) is 22.3 Å². The predicted octanol–water partition coefficient (Wildman–Crippen LogP) is 3.51. The Morgan fingerprint density at radius 3 is 2.41 bits per heavy atom. The second-order valence-corrected chi connectivity index (χ2v) is 10.9. The standard InChI is InChI=1S/C24H28FN5O6S/c1-7-36-23(32)19-13-30(29-27-19)20-10-14(8-9-16(20)25)22(31)26-17-11-15(24(2,3)4)12-18(21(17)35-5)28-37(6,33)34/h8-13,28H,7H2,1-6H3,(H,26,31). The van der Waals surface area contributed by atoms with E-state index in [1.165, 1.54) is 25.4 Å². The Hall–Kier alpha value is -4.00. The van der Waals surface area contributed by atoms with Crippen molar-refractivity contribution in [2.75, 3.05) is 30.0 Å². The molecular weight excluding hydrogens is 505 g/mol. The second-order valence-electron chi connectivity index (χ2n) is 9.12. The molecule has 0 bridgehead atoms. The van der Waals surface area contributed by atoms with Crippen LogP contribution in [0.4, 0.5) is 15.8 Å². The summed E-state index contributed by atoms with van der Waals surface area (Å²) in [5.74, 6) is -1.94. The van der Waals surface area contributed by atoms with Gasteiger partial charge in [0.25, 0.3) is 5.91 Å². The number of amides is 1. The molecule has 11 nitrogen and oxygen atoms in total. The van der Waals surface area contributed by atoms with Crippen LogP contribution >= 0.6 is 0 Å². The highest BCUT2D eigenvalue weighted by Crippen LogP contribution is 2.39. The largest absolute Gasteiger partial charge is 0.492 e. The van der Waals surface area contributed by atoms with Crippen molar-refractivity contribution in [2.45, 2.75) is 33.1 Å². The number of methoxy groups -OCH3 is 1. The number of esters is 1. The molecule has 0 unspecified atom stereocenters. The quantitative estimate of drug-likeness (QED) is 0.419. The summed E-state index contributed by atoms with van der Waals surface area (Å²) in [6.45, 7) is 7.56. The summed E-state index contributed by atoms with van der Waals surface area (Å²) in [7, 11) is -2.31. The van der Waals surface area contributed by atoms with Crippen LogP contribution in [0.5, 0.6) is 5.75 Å². The van der Waals surface area contributed by atoms with Gasteiger partial charge < -0.3 is 14.8 Å². The summed E-state index contributed by atoms with van der Waals surface area (Å²) in [6, 6.07) is 6.90. The first-order valence-electron chi connectivity index (χ1n) is 11.1. The van der Waals surface area contributed by atoms with E-state index in [-0.39, 0.29) is 40.7 Å². The van der Waals surface area contributed by atoms with E-state index >= 15 is 0 Å². The fourth-order valence-electron chi connectivity index (χ4n) is 3.35. The molecule has 3 aromatic rings. The molecule has 0 aliphatic carbocycles. The van der Waals surface area contributed by atoms with Crippen molar-refractivity contribution in [3.8, 4) is 11.4 Å². The number of carbonyl (C=O) groups is 2. The summed E-state index contributed by atoms with van der Waals surface area (Å²) < 4.78 is 52.2. The van der Waals surface area contributed by atoms with Crippen LogP contribution in [0.3, 0.4) is 0 Å². The molecule has 13 heteroatoms. The third kappa shape index (κ3) is 6.61. The van der Waals surface area contributed by atoms with Crippen molar-refractivity contribution >= 4 is 33.3 Å². The van der Waals surface area contributed by atoms with Crippen LogP contribution in [0.1, 0.15) is 54.1 Å². The Morgan fingerprint density at radius 2 is 1.81 bits per heavy atom. The van der Waals surface area contributed by atoms with E-state index in [1.807, 2.05) is 20.8 Å². The zero-order valence-electron chi connectivity index (χ0n) is 21.2. The van der Waals surface area contributed by atoms with E-state index in [2.05, 4.69) is 20.4 Å². The van der Waals surface area contributed by atoms with Crippen molar-refractivity contribution in [3.05, 3.63) is 59.2 Å². The molecule has 0 radical (unpaired) electrons. The van der Waals surface area contributed by atoms with Gasteiger partial charge >= 0.3 is 5.97 Å². The second kappa shape index (κ2) is 10.5. The van der Waals surface area contributed by atoms with Crippen molar-refractivity contribution in [2.24, 2.45) is 0 Å².